The van der Waals surface area contributed by atoms with E-state index in [4.69, 9.17) is 0 Å². The highest BCUT2D eigenvalue weighted by Gasteiger charge is 2.27. The quantitative estimate of drug-likeness (QED) is 0.496. The molecule has 1 saturated heterocycles. The van der Waals surface area contributed by atoms with Gasteiger partial charge in [0.15, 0.2) is 5.96 Å². The molecule has 2 fully saturated rings. The number of guanidine groups is 1. The molecule has 1 aliphatic heterocycles. The molecule has 0 aromatic carbocycles. The molecule has 26 heavy (non-hydrogen) atoms. The zero-order valence-corrected chi connectivity index (χ0v) is 16.2. The zero-order chi connectivity index (χ0) is 18.4. The van der Waals surface area contributed by atoms with Gasteiger partial charge in [-0.3, -0.25) is 14.5 Å². The highest BCUT2D eigenvalue weighted by molar-refractivity contribution is 5.98. The van der Waals surface area contributed by atoms with E-state index >= 15 is 0 Å². The lowest BCUT2D eigenvalue weighted by atomic mass is 9.86. The summed E-state index contributed by atoms with van der Waals surface area (Å²) in [7, 11) is 3.66. The van der Waals surface area contributed by atoms with E-state index in [0.717, 1.165) is 30.7 Å². The van der Waals surface area contributed by atoms with Gasteiger partial charge < -0.3 is 15.1 Å². The van der Waals surface area contributed by atoms with Crippen molar-refractivity contribution in [1.29, 1.82) is 0 Å². The smallest absolute Gasteiger partial charge is 0.246 e. The second-order valence-corrected chi connectivity index (χ2v) is 7.46. The normalized spacial score (nSPS) is 19.9. The van der Waals surface area contributed by atoms with Crippen LogP contribution in [-0.4, -0.2) is 59.8 Å². The molecule has 0 atom stereocenters. The first-order chi connectivity index (χ1) is 12.7. The average molecular weight is 361 g/mol. The number of nitrogens with zero attached hydrogens (tertiary/aromatic N) is 5. The van der Waals surface area contributed by atoms with Crippen LogP contribution >= 0.6 is 0 Å². The molecule has 1 N–H and O–H groups in total. The van der Waals surface area contributed by atoms with Crippen molar-refractivity contribution in [2.75, 3.05) is 38.1 Å². The molecule has 3 rings (SSSR count). The molecule has 7 heteroatoms. The third-order valence-electron chi connectivity index (χ3n) is 5.53. The Hall–Kier alpha value is -2.05. The van der Waals surface area contributed by atoms with Gasteiger partial charge in [-0.2, -0.15) is 5.10 Å². The first kappa shape index (κ1) is 18.7. The van der Waals surface area contributed by atoms with Gasteiger partial charge in [0.1, 0.15) is 6.54 Å². The number of amides is 1. The Morgan fingerprint density at radius 1 is 1.31 bits per heavy atom. The van der Waals surface area contributed by atoms with Crippen molar-refractivity contribution in [3.63, 3.8) is 0 Å². The van der Waals surface area contributed by atoms with Crippen LogP contribution in [0.3, 0.4) is 0 Å². The van der Waals surface area contributed by atoms with Gasteiger partial charge in [-0.05, 0) is 18.8 Å². The van der Waals surface area contributed by atoms with Crippen molar-refractivity contribution >= 4 is 17.6 Å². The number of aryl methyl sites for hydroxylation is 1. The van der Waals surface area contributed by atoms with Crippen LogP contribution in [0.4, 0.5) is 5.69 Å². The molecule has 1 saturated carbocycles. The topological polar surface area (TPSA) is 65.8 Å². The lowest BCUT2D eigenvalue weighted by Gasteiger charge is -2.35. The Balaban J connectivity index is 1.43. The summed E-state index contributed by atoms with van der Waals surface area (Å²) in [6, 6.07) is 0. The fourth-order valence-electron chi connectivity index (χ4n) is 4.07. The van der Waals surface area contributed by atoms with Crippen molar-refractivity contribution < 1.29 is 4.79 Å². The SMILES string of the molecule is CN=C(NCCCC1CCCCC1)N1CCN(c2cnn(C)c2)C(=O)C1. The van der Waals surface area contributed by atoms with E-state index in [9.17, 15) is 4.79 Å². The van der Waals surface area contributed by atoms with E-state index in [1.807, 2.05) is 13.2 Å². The summed E-state index contributed by atoms with van der Waals surface area (Å²) in [5.41, 5.74) is 0.868. The zero-order valence-electron chi connectivity index (χ0n) is 16.2. The molecule has 2 aliphatic rings. The van der Waals surface area contributed by atoms with E-state index in [2.05, 4.69) is 20.3 Å². The molecule has 0 radical (unpaired) electrons. The molecular weight excluding hydrogens is 328 g/mol. The van der Waals surface area contributed by atoms with Crippen LogP contribution in [0.25, 0.3) is 0 Å². The molecule has 1 aromatic rings. The number of piperazine rings is 1. The van der Waals surface area contributed by atoms with Crippen LogP contribution in [0, 0.1) is 5.92 Å². The fraction of sp³-hybridized carbons (Fsp3) is 0.737. The molecule has 1 amide bonds. The van der Waals surface area contributed by atoms with Crippen LogP contribution in [-0.2, 0) is 11.8 Å². The predicted molar refractivity (Wildman–Crippen MR) is 104 cm³/mol. The average Bonchev–Trinajstić information content (AvgIpc) is 3.08. The lowest BCUT2D eigenvalue weighted by molar-refractivity contribution is -0.120. The van der Waals surface area contributed by atoms with Crippen molar-refractivity contribution in [2.45, 2.75) is 44.9 Å². The van der Waals surface area contributed by atoms with Gasteiger partial charge in [0.2, 0.25) is 5.91 Å². The highest BCUT2D eigenvalue weighted by Crippen LogP contribution is 2.27. The van der Waals surface area contributed by atoms with Crippen molar-refractivity contribution in [3.8, 4) is 0 Å². The largest absolute Gasteiger partial charge is 0.356 e. The lowest BCUT2D eigenvalue weighted by Crippen LogP contribution is -2.55. The van der Waals surface area contributed by atoms with Gasteiger partial charge >= 0.3 is 0 Å². The summed E-state index contributed by atoms with van der Waals surface area (Å²) in [6.45, 7) is 2.73. The second-order valence-electron chi connectivity index (χ2n) is 7.46. The number of nitrogens with one attached hydrogen (secondary N) is 1. The second kappa shape index (κ2) is 9.05. The molecular formula is C19H32N6O. The summed E-state index contributed by atoms with van der Waals surface area (Å²) in [5, 5.41) is 7.60. The van der Waals surface area contributed by atoms with Gasteiger partial charge in [-0.1, -0.05) is 32.1 Å². The monoisotopic (exact) mass is 360 g/mol. The van der Waals surface area contributed by atoms with Crippen LogP contribution in [0.1, 0.15) is 44.9 Å². The van der Waals surface area contributed by atoms with Gasteiger partial charge in [0, 0.05) is 39.9 Å². The van der Waals surface area contributed by atoms with Gasteiger partial charge in [-0.15, -0.1) is 0 Å². The summed E-state index contributed by atoms with van der Waals surface area (Å²) < 4.78 is 1.72. The summed E-state index contributed by atoms with van der Waals surface area (Å²) in [4.78, 5) is 20.8. The van der Waals surface area contributed by atoms with Crippen molar-refractivity contribution in [1.82, 2.24) is 20.0 Å². The van der Waals surface area contributed by atoms with E-state index in [0.29, 0.717) is 13.1 Å². The number of carbonyl (C=O) groups excluding carboxylic acids is 1. The summed E-state index contributed by atoms with van der Waals surface area (Å²) in [5.74, 6) is 1.85. The molecule has 2 heterocycles. The molecule has 0 spiro atoms. The molecule has 0 bridgehead atoms. The maximum atomic E-state index is 12.5. The van der Waals surface area contributed by atoms with E-state index in [1.54, 1.807) is 22.8 Å². The minimum absolute atomic E-state index is 0.0920. The minimum Gasteiger partial charge on any atom is -0.356 e. The fourth-order valence-corrected chi connectivity index (χ4v) is 4.07. The number of carbonyl (C=O) groups is 1. The number of rotatable bonds is 5. The Morgan fingerprint density at radius 3 is 2.77 bits per heavy atom. The number of anilines is 1. The maximum Gasteiger partial charge on any atom is 0.246 e. The first-order valence-corrected chi connectivity index (χ1v) is 9.92. The van der Waals surface area contributed by atoms with E-state index < -0.39 is 0 Å². The number of aliphatic imine (C=N–C) groups is 1. The first-order valence-electron chi connectivity index (χ1n) is 9.92. The Kier molecular flexibility index (Phi) is 6.52. The van der Waals surface area contributed by atoms with E-state index in [1.165, 1.54) is 44.9 Å². The molecule has 1 aromatic heterocycles. The number of hydrogen-bond donors (Lipinski definition) is 1. The minimum atomic E-state index is 0.0920. The van der Waals surface area contributed by atoms with Gasteiger partial charge in [0.05, 0.1) is 11.9 Å². The summed E-state index contributed by atoms with van der Waals surface area (Å²) >= 11 is 0. The Labute approximate surface area is 156 Å². The third kappa shape index (κ3) is 4.77. The van der Waals surface area contributed by atoms with Gasteiger partial charge in [0.25, 0.3) is 0 Å². The van der Waals surface area contributed by atoms with Crippen LogP contribution in [0.15, 0.2) is 17.4 Å². The molecule has 0 unspecified atom stereocenters. The number of aromatic nitrogens is 2. The van der Waals surface area contributed by atoms with Gasteiger partial charge in [-0.25, -0.2) is 0 Å². The van der Waals surface area contributed by atoms with Crippen LogP contribution in [0.5, 0.6) is 0 Å². The van der Waals surface area contributed by atoms with Crippen LogP contribution < -0.4 is 10.2 Å². The van der Waals surface area contributed by atoms with E-state index in [-0.39, 0.29) is 5.91 Å². The number of hydrogen-bond acceptors (Lipinski definition) is 3. The van der Waals surface area contributed by atoms with Crippen molar-refractivity contribution in [3.05, 3.63) is 12.4 Å². The molecule has 144 valence electrons. The third-order valence-corrected chi connectivity index (χ3v) is 5.53. The molecule has 1 aliphatic carbocycles. The van der Waals surface area contributed by atoms with Crippen molar-refractivity contribution in [2.24, 2.45) is 18.0 Å². The predicted octanol–water partition coefficient (Wildman–Crippen LogP) is 2.00. The molecule has 7 nitrogen and oxygen atoms in total. The van der Waals surface area contributed by atoms with Crippen LogP contribution in [0.2, 0.25) is 0 Å². The Morgan fingerprint density at radius 2 is 2.12 bits per heavy atom. The Bertz CT molecular complexity index is 619. The maximum absolute atomic E-state index is 12.5. The highest BCUT2D eigenvalue weighted by atomic mass is 16.2. The standard InChI is InChI=1S/C19H32N6O/c1-20-19(21-10-6-9-16-7-4-3-5-8-16)24-11-12-25(18(26)15-24)17-13-22-23(2)14-17/h13-14,16H,3-12,15H2,1-2H3,(H,20,21). The summed E-state index contributed by atoms with van der Waals surface area (Å²) in [6.07, 6.45) is 13.1.